The molecule has 0 aliphatic heterocycles. The topological polar surface area (TPSA) is 63.2 Å². The minimum Gasteiger partial charge on any atom is -0.383 e. The standard InChI is InChI=1S/C16H18BrN3O2/c1-11-3-4-14(13(17)9-11)20-15-10-12(5-6-18-15)16(21)19-7-8-22-2/h3-6,9-10H,7-8H2,1-2H3,(H,18,20)(H,19,21). The average molecular weight is 364 g/mol. The largest absolute Gasteiger partial charge is 0.383 e. The average Bonchev–Trinajstić information content (AvgIpc) is 2.50. The fraction of sp³-hybridized carbons (Fsp3) is 0.250. The van der Waals surface area contributed by atoms with E-state index in [0.29, 0.717) is 24.5 Å². The van der Waals surface area contributed by atoms with Crippen molar-refractivity contribution in [2.24, 2.45) is 0 Å². The summed E-state index contributed by atoms with van der Waals surface area (Å²) in [6.07, 6.45) is 1.61. The van der Waals surface area contributed by atoms with Gasteiger partial charge in [0.05, 0.1) is 12.3 Å². The van der Waals surface area contributed by atoms with Gasteiger partial charge in [0, 0.05) is 29.9 Å². The van der Waals surface area contributed by atoms with E-state index >= 15 is 0 Å². The minimum absolute atomic E-state index is 0.148. The Morgan fingerprint density at radius 3 is 2.86 bits per heavy atom. The summed E-state index contributed by atoms with van der Waals surface area (Å²) in [5.74, 6) is 0.467. The number of hydrogen-bond acceptors (Lipinski definition) is 4. The number of hydrogen-bond donors (Lipinski definition) is 2. The Hall–Kier alpha value is -1.92. The van der Waals surface area contributed by atoms with Gasteiger partial charge in [-0.1, -0.05) is 6.07 Å². The van der Waals surface area contributed by atoms with E-state index in [1.54, 1.807) is 25.4 Å². The van der Waals surface area contributed by atoms with Crippen LogP contribution in [0.3, 0.4) is 0 Å². The molecule has 1 heterocycles. The van der Waals surface area contributed by atoms with Crippen LogP contribution in [0.15, 0.2) is 41.0 Å². The number of pyridine rings is 1. The monoisotopic (exact) mass is 363 g/mol. The molecule has 2 N–H and O–H groups in total. The molecule has 1 aromatic carbocycles. The minimum atomic E-state index is -0.148. The molecule has 0 atom stereocenters. The molecule has 0 saturated carbocycles. The molecule has 1 aromatic heterocycles. The lowest BCUT2D eigenvalue weighted by Gasteiger charge is -2.10. The first kappa shape index (κ1) is 16.5. The second kappa shape index (κ2) is 7.91. The molecule has 0 aliphatic rings. The molecule has 0 fully saturated rings. The van der Waals surface area contributed by atoms with Gasteiger partial charge >= 0.3 is 0 Å². The normalized spacial score (nSPS) is 10.3. The Balaban J connectivity index is 2.09. The van der Waals surface area contributed by atoms with Crippen LogP contribution in [0.1, 0.15) is 15.9 Å². The zero-order valence-electron chi connectivity index (χ0n) is 12.5. The van der Waals surface area contributed by atoms with Crippen LogP contribution in [-0.4, -0.2) is 31.2 Å². The zero-order chi connectivity index (χ0) is 15.9. The van der Waals surface area contributed by atoms with Gasteiger partial charge in [0.1, 0.15) is 5.82 Å². The molecular weight excluding hydrogens is 346 g/mol. The summed E-state index contributed by atoms with van der Waals surface area (Å²) in [5, 5.41) is 5.98. The molecule has 0 unspecified atom stereocenters. The van der Waals surface area contributed by atoms with E-state index in [0.717, 1.165) is 15.7 Å². The van der Waals surface area contributed by atoms with Crippen LogP contribution >= 0.6 is 15.9 Å². The van der Waals surface area contributed by atoms with E-state index in [-0.39, 0.29) is 5.91 Å². The highest BCUT2D eigenvalue weighted by atomic mass is 79.9. The quantitative estimate of drug-likeness (QED) is 0.773. The van der Waals surface area contributed by atoms with Gasteiger partial charge in [-0.05, 0) is 52.7 Å². The Morgan fingerprint density at radius 1 is 1.32 bits per heavy atom. The lowest BCUT2D eigenvalue weighted by molar-refractivity contribution is 0.0937. The highest BCUT2D eigenvalue weighted by Crippen LogP contribution is 2.26. The van der Waals surface area contributed by atoms with E-state index in [9.17, 15) is 4.79 Å². The van der Waals surface area contributed by atoms with E-state index in [1.165, 1.54) is 0 Å². The van der Waals surface area contributed by atoms with Crippen molar-refractivity contribution in [3.05, 3.63) is 52.1 Å². The summed E-state index contributed by atoms with van der Waals surface area (Å²) in [6.45, 7) is 2.99. The van der Waals surface area contributed by atoms with Crippen LogP contribution in [0, 0.1) is 6.92 Å². The molecule has 2 rings (SSSR count). The van der Waals surface area contributed by atoms with Crippen LogP contribution in [0.5, 0.6) is 0 Å². The maximum Gasteiger partial charge on any atom is 0.251 e. The van der Waals surface area contributed by atoms with Crippen molar-refractivity contribution in [2.45, 2.75) is 6.92 Å². The predicted octanol–water partition coefficient (Wildman–Crippen LogP) is 3.27. The summed E-state index contributed by atoms with van der Waals surface area (Å²) in [6, 6.07) is 9.39. The summed E-state index contributed by atoms with van der Waals surface area (Å²) in [5.41, 5.74) is 2.61. The Labute approximate surface area is 138 Å². The van der Waals surface area contributed by atoms with Crippen molar-refractivity contribution in [1.29, 1.82) is 0 Å². The molecule has 0 saturated heterocycles. The molecule has 6 heteroatoms. The van der Waals surface area contributed by atoms with Crippen LogP contribution in [-0.2, 0) is 4.74 Å². The second-order valence-electron chi connectivity index (χ2n) is 4.79. The molecule has 0 aliphatic carbocycles. The first-order chi connectivity index (χ1) is 10.6. The van der Waals surface area contributed by atoms with Gasteiger partial charge in [-0.2, -0.15) is 0 Å². The first-order valence-corrected chi connectivity index (χ1v) is 7.66. The number of nitrogens with one attached hydrogen (secondary N) is 2. The zero-order valence-corrected chi connectivity index (χ0v) is 14.1. The summed E-state index contributed by atoms with van der Waals surface area (Å²) < 4.78 is 5.86. The maximum atomic E-state index is 12.0. The van der Waals surface area contributed by atoms with Crippen LogP contribution in [0.2, 0.25) is 0 Å². The SMILES string of the molecule is COCCNC(=O)c1ccnc(Nc2ccc(C)cc2Br)c1. The summed E-state index contributed by atoms with van der Waals surface area (Å²) in [7, 11) is 1.60. The maximum absolute atomic E-state index is 12.0. The Kier molecular flexibility index (Phi) is 5.91. The predicted molar refractivity (Wildman–Crippen MR) is 90.6 cm³/mol. The van der Waals surface area contributed by atoms with Gasteiger partial charge < -0.3 is 15.4 Å². The second-order valence-corrected chi connectivity index (χ2v) is 5.64. The molecule has 1 amide bonds. The van der Waals surface area contributed by atoms with Crippen molar-refractivity contribution in [3.8, 4) is 0 Å². The first-order valence-electron chi connectivity index (χ1n) is 6.86. The number of amides is 1. The third-order valence-corrected chi connectivity index (χ3v) is 3.66. The number of methoxy groups -OCH3 is 1. The van der Waals surface area contributed by atoms with Crippen molar-refractivity contribution in [1.82, 2.24) is 10.3 Å². The number of carbonyl (C=O) groups excluding carboxylic acids is 1. The number of aromatic nitrogens is 1. The van der Waals surface area contributed by atoms with Crippen LogP contribution < -0.4 is 10.6 Å². The summed E-state index contributed by atoms with van der Waals surface area (Å²) >= 11 is 3.51. The third-order valence-electron chi connectivity index (χ3n) is 3.00. The van der Waals surface area contributed by atoms with Gasteiger partial charge in [0.15, 0.2) is 0 Å². The van der Waals surface area contributed by atoms with Crippen molar-refractivity contribution < 1.29 is 9.53 Å². The Bertz CT molecular complexity index is 662. The highest BCUT2D eigenvalue weighted by Gasteiger charge is 2.07. The highest BCUT2D eigenvalue weighted by molar-refractivity contribution is 9.10. The molecule has 0 radical (unpaired) electrons. The molecular formula is C16H18BrN3O2. The fourth-order valence-electron chi connectivity index (χ4n) is 1.87. The number of carbonyl (C=O) groups is 1. The number of rotatable bonds is 6. The van der Waals surface area contributed by atoms with Crippen molar-refractivity contribution in [2.75, 3.05) is 25.6 Å². The number of nitrogens with zero attached hydrogens (tertiary/aromatic N) is 1. The number of ether oxygens (including phenoxy) is 1. The van der Waals surface area contributed by atoms with Gasteiger partial charge in [-0.25, -0.2) is 4.98 Å². The van der Waals surface area contributed by atoms with Gasteiger partial charge in [-0.15, -0.1) is 0 Å². The van der Waals surface area contributed by atoms with E-state index < -0.39 is 0 Å². The van der Waals surface area contributed by atoms with E-state index in [2.05, 4.69) is 31.5 Å². The van der Waals surface area contributed by atoms with Gasteiger partial charge in [0.2, 0.25) is 0 Å². The lowest BCUT2D eigenvalue weighted by atomic mass is 10.2. The molecule has 116 valence electrons. The number of aryl methyl sites for hydroxylation is 1. The Morgan fingerprint density at radius 2 is 2.14 bits per heavy atom. The molecule has 5 nitrogen and oxygen atoms in total. The third kappa shape index (κ3) is 4.54. The number of benzene rings is 1. The van der Waals surface area contributed by atoms with E-state index in [4.69, 9.17) is 4.74 Å². The smallest absolute Gasteiger partial charge is 0.251 e. The summed E-state index contributed by atoms with van der Waals surface area (Å²) in [4.78, 5) is 16.2. The number of anilines is 2. The molecule has 0 bridgehead atoms. The molecule has 0 spiro atoms. The molecule has 22 heavy (non-hydrogen) atoms. The fourth-order valence-corrected chi connectivity index (χ4v) is 2.46. The lowest BCUT2D eigenvalue weighted by Crippen LogP contribution is -2.27. The number of halogens is 1. The van der Waals surface area contributed by atoms with E-state index in [1.807, 2.05) is 25.1 Å². The van der Waals surface area contributed by atoms with Crippen molar-refractivity contribution >= 4 is 33.3 Å². The van der Waals surface area contributed by atoms with Crippen molar-refractivity contribution in [3.63, 3.8) is 0 Å². The van der Waals surface area contributed by atoms with Crippen LogP contribution in [0.25, 0.3) is 0 Å². The van der Waals surface area contributed by atoms with Crippen LogP contribution in [0.4, 0.5) is 11.5 Å². The van der Waals surface area contributed by atoms with Gasteiger partial charge in [0.25, 0.3) is 5.91 Å². The molecule has 2 aromatic rings. The van der Waals surface area contributed by atoms with Gasteiger partial charge in [-0.3, -0.25) is 4.79 Å².